The van der Waals surface area contributed by atoms with Crippen LogP contribution < -0.4 is 9.99 Å². The van der Waals surface area contributed by atoms with E-state index in [9.17, 15) is 14.2 Å². The van der Waals surface area contributed by atoms with E-state index in [1.54, 1.807) is 53.2 Å². The molecule has 1 heterocycles. The summed E-state index contributed by atoms with van der Waals surface area (Å²) in [6.45, 7) is 2.47. The van der Waals surface area contributed by atoms with Crippen LogP contribution in [0.4, 0.5) is 16.2 Å². The van der Waals surface area contributed by atoms with Gasteiger partial charge in [-0.3, -0.25) is 23.5 Å². The third kappa shape index (κ3) is 3.54. The van der Waals surface area contributed by atoms with Gasteiger partial charge in [-0.05, 0) is 30.7 Å². The molecule has 0 fully saturated rings. The highest BCUT2D eigenvalue weighted by atomic mass is 79.9. The summed E-state index contributed by atoms with van der Waals surface area (Å²) < 4.78 is 17.0. The Bertz CT molecular complexity index is 891. The van der Waals surface area contributed by atoms with E-state index in [-0.39, 0.29) is 12.5 Å². The molecular formula is C19H21BrN3O3P. The zero-order valence-corrected chi connectivity index (χ0v) is 17.4. The number of benzene rings is 2. The monoisotopic (exact) mass is 449 g/mol. The molecule has 2 aromatic carbocycles. The number of carbonyl (C=O) groups excluding carboxylic acids is 2. The number of alkyl halides is 1. The molecule has 2 aromatic rings. The zero-order chi connectivity index (χ0) is 19.4. The van der Waals surface area contributed by atoms with Gasteiger partial charge in [0.25, 0.3) is 5.91 Å². The van der Waals surface area contributed by atoms with E-state index >= 15 is 0 Å². The second kappa shape index (κ2) is 8.28. The molecule has 0 saturated carbocycles. The van der Waals surface area contributed by atoms with Crippen molar-refractivity contribution < 1.29 is 14.2 Å². The van der Waals surface area contributed by atoms with Crippen LogP contribution in [0.2, 0.25) is 0 Å². The Hall–Kier alpha value is -2.11. The SMILES string of the molecule is CCCN1C(=O)c2ccccc2N(CCBr)P1(=O)C(=O)Nc1ccccc1. The zero-order valence-electron chi connectivity index (χ0n) is 15.0. The lowest BCUT2D eigenvalue weighted by Crippen LogP contribution is -2.45. The number of hydrogen-bond acceptors (Lipinski definition) is 3. The molecule has 0 aromatic heterocycles. The molecule has 1 aliphatic heterocycles. The predicted octanol–water partition coefficient (Wildman–Crippen LogP) is 5.18. The molecule has 27 heavy (non-hydrogen) atoms. The number of halogens is 1. The van der Waals surface area contributed by atoms with Gasteiger partial charge in [0.2, 0.25) is 0 Å². The van der Waals surface area contributed by atoms with Crippen molar-refractivity contribution in [1.29, 1.82) is 0 Å². The number of anilines is 2. The van der Waals surface area contributed by atoms with Gasteiger partial charge in [0.15, 0.2) is 0 Å². The minimum atomic E-state index is -3.87. The highest BCUT2D eigenvalue weighted by Crippen LogP contribution is 2.60. The van der Waals surface area contributed by atoms with Gasteiger partial charge in [-0.2, -0.15) is 0 Å². The van der Waals surface area contributed by atoms with E-state index in [1.807, 2.05) is 13.0 Å². The van der Waals surface area contributed by atoms with Crippen LogP contribution in [-0.2, 0) is 4.57 Å². The number of amides is 2. The molecule has 1 unspecified atom stereocenters. The summed E-state index contributed by atoms with van der Waals surface area (Å²) in [6, 6.07) is 15.8. The summed E-state index contributed by atoms with van der Waals surface area (Å²) in [5, 5.41) is 3.24. The second-order valence-electron chi connectivity index (χ2n) is 6.10. The molecule has 0 bridgehead atoms. The lowest BCUT2D eigenvalue weighted by molar-refractivity contribution is 0.0855. The molecular weight excluding hydrogens is 429 g/mol. The van der Waals surface area contributed by atoms with E-state index in [4.69, 9.17) is 0 Å². The summed E-state index contributed by atoms with van der Waals surface area (Å²) in [5.41, 5.74) is 0.872. The van der Waals surface area contributed by atoms with Gasteiger partial charge in [0.1, 0.15) is 0 Å². The van der Waals surface area contributed by atoms with Crippen LogP contribution in [0.15, 0.2) is 54.6 Å². The average Bonchev–Trinajstić information content (AvgIpc) is 2.69. The normalized spacial score (nSPS) is 19.0. The summed E-state index contributed by atoms with van der Waals surface area (Å²) in [7, 11) is -3.87. The maximum atomic E-state index is 14.2. The Balaban J connectivity index is 2.11. The third-order valence-electron chi connectivity index (χ3n) is 4.32. The maximum absolute atomic E-state index is 14.2. The molecule has 0 aliphatic carbocycles. The minimum Gasteiger partial charge on any atom is -0.316 e. The maximum Gasteiger partial charge on any atom is 0.351 e. The number of nitrogens with zero attached hydrogens (tertiary/aromatic N) is 2. The fourth-order valence-electron chi connectivity index (χ4n) is 3.14. The average molecular weight is 450 g/mol. The van der Waals surface area contributed by atoms with E-state index < -0.39 is 13.1 Å². The summed E-state index contributed by atoms with van der Waals surface area (Å²) in [5.74, 6) is -0.371. The lowest BCUT2D eigenvalue weighted by Gasteiger charge is -2.43. The first kappa shape index (κ1) is 19.6. The van der Waals surface area contributed by atoms with Crippen molar-refractivity contribution in [1.82, 2.24) is 4.67 Å². The van der Waals surface area contributed by atoms with Crippen molar-refractivity contribution in [3.05, 3.63) is 60.2 Å². The Morgan fingerprint density at radius 1 is 1.04 bits per heavy atom. The Morgan fingerprint density at radius 3 is 2.37 bits per heavy atom. The molecule has 0 radical (unpaired) electrons. The van der Waals surface area contributed by atoms with Gasteiger partial charge in [-0.15, -0.1) is 0 Å². The van der Waals surface area contributed by atoms with E-state index in [0.29, 0.717) is 35.2 Å². The highest BCUT2D eigenvalue weighted by Gasteiger charge is 2.51. The van der Waals surface area contributed by atoms with Gasteiger partial charge in [-0.25, -0.2) is 0 Å². The van der Waals surface area contributed by atoms with Crippen LogP contribution in [-0.4, -0.2) is 34.6 Å². The quantitative estimate of drug-likeness (QED) is 0.487. The smallest absolute Gasteiger partial charge is 0.316 e. The van der Waals surface area contributed by atoms with Crippen molar-refractivity contribution in [2.45, 2.75) is 13.3 Å². The van der Waals surface area contributed by atoms with Crippen LogP contribution in [0.1, 0.15) is 23.7 Å². The van der Waals surface area contributed by atoms with Crippen LogP contribution >= 0.6 is 23.4 Å². The van der Waals surface area contributed by atoms with E-state index in [1.165, 1.54) is 4.67 Å². The first-order valence-electron chi connectivity index (χ1n) is 8.76. The predicted molar refractivity (Wildman–Crippen MR) is 112 cm³/mol. The van der Waals surface area contributed by atoms with Crippen molar-refractivity contribution in [2.75, 3.05) is 28.4 Å². The van der Waals surface area contributed by atoms with E-state index in [2.05, 4.69) is 21.2 Å². The topological polar surface area (TPSA) is 69.7 Å². The number of carbonyl (C=O) groups is 2. The fraction of sp³-hybridized carbons (Fsp3) is 0.263. The number of nitrogens with one attached hydrogen (secondary N) is 1. The van der Waals surface area contributed by atoms with Crippen molar-refractivity contribution >= 4 is 46.3 Å². The molecule has 1 atom stereocenters. The van der Waals surface area contributed by atoms with Gasteiger partial charge in [0, 0.05) is 24.1 Å². The van der Waals surface area contributed by atoms with Gasteiger partial charge >= 0.3 is 13.1 Å². The van der Waals surface area contributed by atoms with Crippen molar-refractivity contribution in [3.63, 3.8) is 0 Å². The van der Waals surface area contributed by atoms with Gasteiger partial charge in [-0.1, -0.05) is 53.2 Å². The number of rotatable bonds is 6. The Labute approximate surface area is 167 Å². The van der Waals surface area contributed by atoms with Crippen LogP contribution in [0, 0.1) is 0 Å². The molecule has 1 N–H and O–H groups in total. The molecule has 8 heteroatoms. The molecule has 1 aliphatic rings. The minimum absolute atomic E-state index is 0.242. The first-order valence-corrected chi connectivity index (χ1v) is 11.5. The molecule has 0 saturated heterocycles. The number of fused-ring (bicyclic) bond motifs is 1. The number of para-hydroxylation sites is 2. The van der Waals surface area contributed by atoms with Crippen LogP contribution in [0.5, 0.6) is 0 Å². The largest absolute Gasteiger partial charge is 0.351 e. The Morgan fingerprint density at radius 2 is 1.70 bits per heavy atom. The summed E-state index contributed by atoms with van der Waals surface area (Å²) in [6.07, 6.45) is 0.596. The van der Waals surface area contributed by atoms with Gasteiger partial charge < -0.3 is 5.32 Å². The molecule has 2 amide bonds. The van der Waals surface area contributed by atoms with Crippen molar-refractivity contribution in [3.8, 4) is 0 Å². The molecule has 142 valence electrons. The van der Waals surface area contributed by atoms with Crippen LogP contribution in [0.25, 0.3) is 0 Å². The Kier molecular flexibility index (Phi) is 6.02. The first-order chi connectivity index (χ1) is 13.0. The molecule has 0 spiro atoms. The molecule has 3 rings (SSSR count). The highest BCUT2D eigenvalue weighted by molar-refractivity contribution is 9.09. The third-order valence-corrected chi connectivity index (χ3v) is 7.42. The van der Waals surface area contributed by atoms with Crippen molar-refractivity contribution in [2.24, 2.45) is 0 Å². The second-order valence-corrected chi connectivity index (χ2v) is 9.35. The molecule has 6 nitrogen and oxygen atoms in total. The number of hydrogen-bond donors (Lipinski definition) is 1. The van der Waals surface area contributed by atoms with E-state index in [0.717, 1.165) is 0 Å². The fourth-order valence-corrected chi connectivity index (χ4v) is 6.41. The summed E-state index contributed by atoms with van der Waals surface area (Å²) in [4.78, 5) is 26.3. The van der Waals surface area contributed by atoms with Gasteiger partial charge in [0.05, 0.1) is 11.3 Å². The summed E-state index contributed by atoms with van der Waals surface area (Å²) >= 11 is 3.38. The van der Waals surface area contributed by atoms with Crippen LogP contribution in [0.3, 0.4) is 0 Å². The standard InChI is InChI=1S/C19H21BrN3O3P/c1-2-13-23-18(24)16-10-6-7-11-17(16)22(14-12-20)27(23,26)19(25)21-15-8-4-3-5-9-15/h3-11H,2,12-14H2,1H3,(H,21,25). The lowest BCUT2D eigenvalue weighted by atomic mass is 10.1.